The lowest BCUT2D eigenvalue weighted by molar-refractivity contribution is 0.284. The van der Waals surface area contributed by atoms with Crippen LogP contribution in [0.15, 0.2) is 12.7 Å². The monoisotopic (exact) mass is 219 g/mol. The first kappa shape index (κ1) is 11.4. The third-order valence-electron chi connectivity index (χ3n) is 3.63. The van der Waals surface area contributed by atoms with E-state index in [1.807, 2.05) is 17.8 Å². The zero-order valence-corrected chi connectivity index (χ0v) is 10.5. The highest BCUT2D eigenvalue weighted by Crippen LogP contribution is 2.34. The lowest BCUT2D eigenvalue weighted by Gasteiger charge is -2.23. The summed E-state index contributed by atoms with van der Waals surface area (Å²) in [6.45, 7) is 10.3. The fourth-order valence-electron chi connectivity index (χ4n) is 2.81. The molecule has 1 atom stereocenters. The predicted octanol–water partition coefficient (Wildman–Crippen LogP) is 2.36. The molecule has 0 N–H and O–H groups in total. The average molecular weight is 219 g/mol. The van der Waals surface area contributed by atoms with Gasteiger partial charge in [0, 0.05) is 30.9 Å². The van der Waals surface area contributed by atoms with Crippen LogP contribution in [0.4, 0.5) is 0 Å². The maximum Gasteiger partial charge on any atom is 0.0644 e. The van der Waals surface area contributed by atoms with Gasteiger partial charge in [-0.3, -0.25) is 9.58 Å². The van der Waals surface area contributed by atoms with Crippen LogP contribution in [-0.4, -0.2) is 27.8 Å². The molecule has 0 saturated carbocycles. The SMILES string of the molecule is C=CCN1CCCC1c1c(C)nn(C)c1C. The maximum atomic E-state index is 4.51. The molecule has 1 aliphatic rings. The smallest absolute Gasteiger partial charge is 0.0644 e. The van der Waals surface area contributed by atoms with Gasteiger partial charge in [0.15, 0.2) is 0 Å². The summed E-state index contributed by atoms with van der Waals surface area (Å²) in [4.78, 5) is 2.50. The van der Waals surface area contributed by atoms with Crippen LogP contribution in [0.3, 0.4) is 0 Å². The van der Waals surface area contributed by atoms with Gasteiger partial charge in [-0.1, -0.05) is 6.08 Å². The Labute approximate surface area is 97.8 Å². The van der Waals surface area contributed by atoms with E-state index < -0.39 is 0 Å². The Bertz CT molecular complexity index is 392. The second-order valence-electron chi connectivity index (χ2n) is 4.65. The van der Waals surface area contributed by atoms with E-state index in [0.29, 0.717) is 6.04 Å². The van der Waals surface area contributed by atoms with E-state index in [1.165, 1.54) is 36.3 Å². The number of hydrogen-bond acceptors (Lipinski definition) is 2. The third kappa shape index (κ3) is 1.80. The van der Waals surface area contributed by atoms with Crippen LogP contribution in [0.25, 0.3) is 0 Å². The van der Waals surface area contributed by atoms with Crippen LogP contribution in [0.5, 0.6) is 0 Å². The van der Waals surface area contributed by atoms with Crippen molar-refractivity contribution in [2.45, 2.75) is 32.7 Å². The predicted molar refractivity (Wildman–Crippen MR) is 66.4 cm³/mol. The summed E-state index contributed by atoms with van der Waals surface area (Å²) in [7, 11) is 2.03. The molecule has 2 rings (SSSR count). The molecule has 0 radical (unpaired) electrons. The highest BCUT2D eigenvalue weighted by molar-refractivity contribution is 5.29. The molecule has 1 fully saturated rings. The zero-order chi connectivity index (χ0) is 11.7. The maximum absolute atomic E-state index is 4.51. The lowest BCUT2D eigenvalue weighted by Crippen LogP contribution is -2.24. The first-order chi connectivity index (χ1) is 7.65. The van der Waals surface area contributed by atoms with Gasteiger partial charge in [0.25, 0.3) is 0 Å². The van der Waals surface area contributed by atoms with E-state index in [4.69, 9.17) is 0 Å². The number of rotatable bonds is 3. The first-order valence-corrected chi connectivity index (χ1v) is 6.00. The Hall–Kier alpha value is -1.09. The van der Waals surface area contributed by atoms with Crippen LogP contribution >= 0.6 is 0 Å². The molecule has 0 amide bonds. The first-order valence-electron chi connectivity index (χ1n) is 6.00. The Morgan fingerprint density at radius 2 is 2.25 bits per heavy atom. The van der Waals surface area contributed by atoms with Gasteiger partial charge >= 0.3 is 0 Å². The minimum Gasteiger partial charge on any atom is -0.293 e. The number of aromatic nitrogens is 2. The quantitative estimate of drug-likeness (QED) is 0.728. The molecular formula is C13H21N3. The van der Waals surface area contributed by atoms with Gasteiger partial charge in [0.2, 0.25) is 0 Å². The number of nitrogens with zero attached hydrogens (tertiary/aromatic N) is 3. The van der Waals surface area contributed by atoms with Gasteiger partial charge < -0.3 is 0 Å². The van der Waals surface area contributed by atoms with Gasteiger partial charge in [0.05, 0.1) is 5.69 Å². The molecule has 88 valence electrons. The molecule has 1 saturated heterocycles. The van der Waals surface area contributed by atoms with E-state index >= 15 is 0 Å². The summed E-state index contributed by atoms with van der Waals surface area (Å²) in [6, 6.07) is 0.548. The highest BCUT2D eigenvalue weighted by atomic mass is 15.3. The van der Waals surface area contributed by atoms with Gasteiger partial charge in [-0.15, -0.1) is 6.58 Å². The lowest BCUT2D eigenvalue weighted by atomic mass is 10.0. The molecular weight excluding hydrogens is 198 g/mol. The van der Waals surface area contributed by atoms with Gasteiger partial charge in [0.1, 0.15) is 0 Å². The molecule has 0 aliphatic carbocycles. The van der Waals surface area contributed by atoms with Crippen LogP contribution in [-0.2, 0) is 7.05 Å². The fraction of sp³-hybridized carbons (Fsp3) is 0.615. The van der Waals surface area contributed by atoms with Gasteiger partial charge in [-0.05, 0) is 33.2 Å². The molecule has 3 nitrogen and oxygen atoms in total. The summed E-state index contributed by atoms with van der Waals surface area (Å²) in [6.07, 6.45) is 4.53. The van der Waals surface area contributed by atoms with E-state index in [0.717, 1.165) is 6.54 Å². The molecule has 1 aromatic rings. The van der Waals surface area contributed by atoms with Crippen molar-refractivity contribution in [1.82, 2.24) is 14.7 Å². The molecule has 0 aromatic carbocycles. The van der Waals surface area contributed by atoms with Crippen molar-refractivity contribution in [2.75, 3.05) is 13.1 Å². The highest BCUT2D eigenvalue weighted by Gasteiger charge is 2.29. The standard InChI is InChI=1S/C13H21N3/c1-5-8-16-9-6-7-12(16)13-10(2)14-15(4)11(13)3/h5,12H,1,6-9H2,2-4H3. The summed E-state index contributed by atoms with van der Waals surface area (Å²) >= 11 is 0. The number of likely N-dealkylation sites (tertiary alicyclic amines) is 1. The minimum atomic E-state index is 0.548. The summed E-state index contributed by atoms with van der Waals surface area (Å²) < 4.78 is 2.00. The fourth-order valence-corrected chi connectivity index (χ4v) is 2.81. The zero-order valence-electron chi connectivity index (χ0n) is 10.5. The normalized spacial score (nSPS) is 21.6. The molecule has 1 unspecified atom stereocenters. The van der Waals surface area contributed by atoms with Crippen molar-refractivity contribution in [3.63, 3.8) is 0 Å². The van der Waals surface area contributed by atoms with E-state index in [1.54, 1.807) is 0 Å². The second-order valence-corrected chi connectivity index (χ2v) is 4.65. The van der Waals surface area contributed by atoms with Crippen LogP contribution in [0, 0.1) is 13.8 Å². The van der Waals surface area contributed by atoms with Crippen LogP contribution in [0.1, 0.15) is 35.8 Å². The van der Waals surface area contributed by atoms with Crippen molar-refractivity contribution in [1.29, 1.82) is 0 Å². The van der Waals surface area contributed by atoms with Gasteiger partial charge in [-0.25, -0.2) is 0 Å². The molecule has 2 heterocycles. The van der Waals surface area contributed by atoms with Crippen molar-refractivity contribution in [3.05, 3.63) is 29.6 Å². The average Bonchev–Trinajstić information content (AvgIpc) is 2.75. The molecule has 0 bridgehead atoms. The molecule has 0 spiro atoms. The largest absolute Gasteiger partial charge is 0.293 e. The van der Waals surface area contributed by atoms with Crippen molar-refractivity contribution < 1.29 is 0 Å². The van der Waals surface area contributed by atoms with Crippen molar-refractivity contribution in [2.24, 2.45) is 7.05 Å². The molecule has 3 heteroatoms. The van der Waals surface area contributed by atoms with Gasteiger partial charge in [-0.2, -0.15) is 5.10 Å². The minimum absolute atomic E-state index is 0.548. The summed E-state index contributed by atoms with van der Waals surface area (Å²) in [5, 5.41) is 4.51. The molecule has 1 aliphatic heterocycles. The topological polar surface area (TPSA) is 21.1 Å². The second kappa shape index (κ2) is 4.42. The van der Waals surface area contributed by atoms with Crippen LogP contribution in [0.2, 0.25) is 0 Å². The Morgan fingerprint density at radius 3 is 2.81 bits per heavy atom. The summed E-state index contributed by atoms with van der Waals surface area (Å²) in [5.41, 5.74) is 3.92. The Morgan fingerprint density at radius 1 is 1.50 bits per heavy atom. The number of aryl methyl sites for hydroxylation is 2. The molecule has 16 heavy (non-hydrogen) atoms. The van der Waals surface area contributed by atoms with Crippen LogP contribution < -0.4 is 0 Å². The van der Waals surface area contributed by atoms with E-state index in [2.05, 4.69) is 30.4 Å². The Kier molecular flexibility index (Phi) is 3.15. The van der Waals surface area contributed by atoms with E-state index in [9.17, 15) is 0 Å². The number of hydrogen-bond donors (Lipinski definition) is 0. The Balaban J connectivity index is 2.32. The molecule has 1 aromatic heterocycles. The summed E-state index contributed by atoms with van der Waals surface area (Å²) in [5.74, 6) is 0. The van der Waals surface area contributed by atoms with E-state index in [-0.39, 0.29) is 0 Å². The van der Waals surface area contributed by atoms with Crippen molar-refractivity contribution >= 4 is 0 Å². The van der Waals surface area contributed by atoms with Crippen molar-refractivity contribution in [3.8, 4) is 0 Å². The third-order valence-corrected chi connectivity index (χ3v) is 3.63.